The highest BCUT2D eigenvalue weighted by molar-refractivity contribution is 6.02. The van der Waals surface area contributed by atoms with E-state index in [9.17, 15) is 39.6 Å². The zero-order valence-electron chi connectivity index (χ0n) is 19.5. The van der Waals surface area contributed by atoms with Crippen molar-refractivity contribution in [3.8, 4) is 17.2 Å². The van der Waals surface area contributed by atoms with Crippen molar-refractivity contribution in [3.63, 3.8) is 0 Å². The van der Waals surface area contributed by atoms with Gasteiger partial charge < -0.3 is 29.9 Å². The summed E-state index contributed by atoms with van der Waals surface area (Å²) in [6.45, 7) is 0. The molecule has 3 aromatic carbocycles. The Morgan fingerprint density at radius 2 is 1.11 bits per heavy atom. The molecular weight excluding hydrogens is 496 g/mol. The molecule has 0 heterocycles. The molecule has 1 atom stereocenters. The lowest BCUT2D eigenvalue weighted by Crippen LogP contribution is -2.31. The van der Waals surface area contributed by atoms with Crippen molar-refractivity contribution in [3.05, 3.63) is 113 Å². The van der Waals surface area contributed by atoms with Crippen LogP contribution >= 0.6 is 0 Å². The fourth-order valence-corrected chi connectivity index (χ4v) is 4.00. The van der Waals surface area contributed by atoms with Gasteiger partial charge in [0.15, 0.2) is 5.60 Å². The highest BCUT2D eigenvalue weighted by Crippen LogP contribution is 2.37. The molecule has 10 heteroatoms. The van der Waals surface area contributed by atoms with Gasteiger partial charge in [-0.3, -0.25) is 0 Å². The monoisotopic (exact) mass is 516 g/mol. The lowest BCUT2D eigenvalue weighted by Gasteiger charge is -2.33. The van der Waals surface area contributed by atoms with Crippen molar-refractivity contribution in [2.24, 2.45) is 0 Å². The average molecular weight is 516 g/mol. The van der Waals surface area contributed by atoms with Crippen molar-refractivity contribution < 1.29 is 49.1 Å². The fourth-order valence-electron chi connectivity index (χ4n) is 4.00. The van der Waals surface area contributed by atoms with Gasteiger partial charge in [0.05, 0.1) is 22.3 Å². The van der Waals surface area contributed by atoms with Crippen molar-refractivity contribution in [1.29, 1.82) is 0 Å². The van der Waals surface area contributed by atoms with Gasteiger partial charge in [0.2, 0.25) is 0 Å². The van der Waals surface area contributed by atoms with Gasteiger partial charge >= 0.3 is 23.9 Å². The second kappa shape index (κ2) is 10.3. The van der Waals surface area contributed by atoms with E-state index in [4.69, 9.17) is 9.47 Å². The summed E-state index contributed by atoms with van der Waals surface area (Å²) in [6.07, 6.45) is 7.65. The molecule has 0 bridgehead atoms. The van der Waals surface area contributed by atoms with E-state index < -0.39 is 40.6 Å². The van der Waals surface area contributed by atoms with Gasteiger partial charge in [-0.1, -0.05) is 30.4 Å². The zero-order valence-corrected chi connectivity index (χ0v) is 19.5. The molecule has 1 aliphatic rings. The van der Waals surface area contributed by atoms with Crippen molar-refractivity contribution in [2.75, 3.05) is 0 Å². The minimum atomic E-state index is -1.40. The van der Waals surface area contributed by atoms with E-state index in [2.05, 4.69) is 0 Å². The van der Waals surface area contributed by atoms with E-state index in [1.807, 2.05) is 12.2 Å². The number of carboxylic acids is 4. The maximum atomic E-state index is 11.6. The maximum absolute atomic E-state index is 11.6. The number of rotatable bonds is 9. The Hall–Kier alpha value is -5.38. The SMILES string of the molecule is O=C(O)c1ccc(Oc2ccc(C3(Oc4ccc(C(=O)O)c(C(=O)O)c4)C=CC=CC3)cc2)cc1C(=O)O. The number of allylic oxidation sites excluding steroid dienone is 2. The summed E-state index contributed by atoms with van der Waals surface area (Å²) in [6, 6.07) is 14.0. The lowest BCUT2D eigenvalue weighted by molar-refractivity contribution is 0.0649. The van der Waals surface area contributed by atoms with E-state index in [0.717, 1.165) is 18.2 Å². The highest BCUT2D eigenvalue weighted by Gasteiger charge is 2.32. The van der Waals surface area contributed by atoms with E-state index >= 15 is 0 Å². The number of hydrogen-bond acceptors (Lipinski definition) is 6. The standard InChI is InChI=1S/C28H20O10/c29-24(30)20-10-8-18(14-22(20)26(33)34)37-17-6-4-16(5-7-17)28(12-2-1-3-13-28)38-19-9-11-21(25(31)32)23(15-19)27(35)36/h1-12,14-15H,13H2,(H,29,30)(H,31,32)(H,33,34)(H,35,36). The molecule has 0 aliphatic heterocycles. The van der Waals surface area contributed by atoms with Crippen LogP contribution < -0.4 is 9.47 Å². The van der Waals surface area contributed by atoms with Crippen LogP contribution in [-0.2, 0) is 5.60 Å². The quantitative estimate of drug-likeness (QED) is 0.302. The summed E-state index contributed by atoms with van der Waals surface area (Å²) in [4.78, 5) is 45.7. The van der Waals surface area contributed by atoms with Crippen LogP contribution in [0, 0.1) is 0 Å². The van der Waals surface area contributed by atoms with Crippen molar-refractivity contribution in [1.82, 2.24) is 0 Å². The molecule has 0 spiro atoms. The lowest BCUT2D eigenvalue weighted by atomic mass is 9.87. The molecule has 1 unspecified atom stereocenters. The van der Waals surface area contributed by atoms with Crippen LogP contribution in [0.15, 0.2) is 85.0 Å². The van der Waals surface area contributed by atoms with Crippen LogP contribution in [-0.4, -0.2) is 44.3 Å². The predicted octanol–water partition coefficient (Wildman–Crippen LogP) is 5.06. The molecule has 0 saturated carbocycles. The fraction of sp³-hybridized carbons (Fsp3) is 0.0714. The molecule has 1 aliphatic carbocycles. The maximum Gasteiger partial charge on any atom is 0.336 e. The summed E-state index contributed by atoms with van der Waals surface area (Å²) in [5, 5.41) is 37.2. The molecular formula is C28H20O10. The molecule has 0 amide bonds. The molecule has 0 fully saturated rings. The Balaban J connectivity index is 1.63. The number of benzene rings is 3. The summed E-state index contributed by atoms with van der Waals surface area (Å²) < 4.78 is 12.0. The molecule has 0 saturated heterocycles. The van der Waals surface area contributed by atoms with Gasteiger partial charge in [0.25, 0.3) is 0 Å². The highest BCUT2D eigenvalue weighted by atomic mass is 16.5. The van der Waals surface area contributed by atoms with Crippen LogP contribution in [0.5, 0.6) is 17.2 Å². The number of ether oxygens (including phenoxy) is 2. The van der Waals surface area contributed by atoms with Crippen LogP contribution in [0.4, 0.5) is 0 Å². The van der Waals surface area contributed by atoms with Crippen LogP contribution in [0.2, 0.25) is 0 Å². The molecule has 0 radical (unpaired) electrons. The topological polar surface area (TPSA) is 168 Å². The van der Waals surface area contributed by atoms with Gasteiger partial charge in [0, 0.05) is 6.42 Å². The van der Waals surface area contributed by atoms with E-state index in [0.29, 0.717) is 17.7 Å². The predicted molar refractivity (Wildman–Crippen MR) is 132 cm³/mol. The minimum absolute atomic E-state index is 0.131. The van der Waals surface area contributed by atoms with Crippen LogP contribution in [0.3, 0.4) is 0 Å². The molecule has 0 aromatic heterocycles. The normalized spacial score (nSPS) is 16.0. The molecule has 192 valence electrons. The smallest absolute Gasteiger partial charge is 0.336 e. The number of hydrogen-bond donors (Lipinski definition) is 4. The third-order valence-corrected chi connectivity index (χ3v) is 5.82. The Morgan fingerprint density at radius 1 is 0.605 bits per heavy atom. The third-order valence-electron chi connectivity index (χ3n) is 5.82. The van der Waals surface area contributed by atoms with Crippen molar-refractivity contribution in [2.45, 2.75) is 12.0 Å². The second-order valence-corrected chi connectivity index (χ2v) is 8.24. The van der Waals surface area contributed by atoms with Crippen LogP contribution in [0.1, 0.15) is 53.4 Å². The van der Waals surface area contributed by atoms with Gasteiger partial charge in [-0.2, -0.15) is 0 Å². The Kier molecular flexibility index (Phi) is 6.98. The second-order valence-electron chi connectivity index (χ2n) is 8.24. The molecule has 4 N–H and O–H groups in total. The Morgan fingerprint density at radius 3 is 1.61 bits per heavy atom. The Labute approximate surface area is 215 Å². The molecule has 4 rings (SSSR count). The summed E-state index contributed by atoms with van der Waals surface area (Å²) in [5.74, 6) is -4.90. The first-order valence-corrected chi connectivity index (χ1v) is 11.1. The third kappa shape index (κ3) is 5.24. The first kappa shape index (κ1) is 25.7. The Bertz CT molecular complexity index is 1500. The number of aromatic carboxylic acids is 4. The minimum Gasteiger partial charge on any atom is -0.478 e. The molecule has 38 heavy (non-hydrogen) atoms. The van der Waals surface area contributed by atoms with Gasteiger partial charge in [0.1, 0.15) is 17.2 Å². The first-order chi connectivity index (χ1) is 18.1. The van der Waals surface area contributed by atoms with Gasteiger partial charge in [-0.05, 0) is 60.2 Å². The van der Waals surface area contributed by atoms with Crippen molar-refractivity contribution >= 4 is 23.9 Å². The zero-order chi connectivity index (χ0) is 27.4. The average Bonchev–Trinajstić information content (AvgIpc) is 2.89. The summed E-state index contributed by atoms with van der Waals surface area (Å²) >= 11 is 0. The van der Waals surface area contributed by atoms with E-state index in [1.54, 1.807) is 36.4 Å². The largest absolute Gasteiger partial charge is 0.478 e. The number of carboxylic acid groups (broad SMARTS) is 4. The van der Waals surface area contributed by atoms with E-state index in [1.165, 1.54) is 18.2 Å². The van der Waals surface area contributed by atoms with Gasteiger partial charge in [-0.25, -0.2) is 19.2 Å². The van der Waals surface area contributed by atoms with Crippen LogP contribution in [0.25, 0.3) is 0 Å². The molecule has 3 aromatic rings. The molecule has 10 nitrogen and oxygen atoms in total. The van der Waals surface area contributed by atoms with E-state index in [-0.39, 0.29) is 22.6 Å². The first-order valence-electron chi connectivity index (χ1n) is 11.1. The summed E-state index contributed by atoms with van der Waals surface area (Å²) in [7, 11) is 0. The summed E-state index contributed by atoms with van der Waals surface area (Å²) in [5.41, 5.74) is -1.89. The van der Waals surface area contributed by atoms with Gasteiger partial charge in [-0.15, -0.1) is 0 Å². The number of carbonyl (C=O) groups is 4.